The van der Waals surface area contributed by atoms with Gasteiger partial charge in [-0.15, -0.1) is 0 Å². The Bertz CT molecular complexity index is 334. The molecule has 0 aromatic carbocycles. The van der Waals surface area contributed by atoms with Crippen molar-refractivity contribution in [2.24, 2.45) is 5.41 Å². The Morgan fingerprint density at radius 1 is 1.41 bits per heavy atom. The Balaban J connectivity index is 2.51. The van der Waals surface area contributed by atoms with Crippen molar-refractivity contribution in [1.82, 2.24) is 14.7 Å². The quantitative estimate of drug-likeness (QED) is 0.722. The van der Waals surface area contributed by atoms with Crippen molar-refractivity contribution in [3.05, 3.63) is 18.0 Å². The molecule has 98 valence electrons. The maximum absolute atomic E-state index is 9.24. The Morgan fingerprint density at radius 3 is 2.53 bits per heavy atom. The molecule has 1 heterocycles. The summed E-state index contributed by atoms with van der Waals surface area (Å²) in [5.74, 6) is 0. The summed E-state index contributed by atoms with van der Waals surface area (Å²) in [4.78, 5) is 2.09. The van der Waals surface area contributed by atoms with E-state index in [1.165, 1.54) is 0 Å². The lowest BCUT2D eigenvalue weighted by molar-refractivity contribution is 0.0402. The van der Waals surface area contributed by atoms with E-state index in [0.717, 1.165) is 18.7 Å². The summed E-state index contributed by atoms with van der Waals surface area (Å²) in [5.41, 5.74) is 0.697. The minimum Gasteiger partial charge on any atom is -0.396 e. The van der Waals surface area contributed by atoms with E-state index >= 15 is 0 Å². The van der Waals surface area contributed by atoms with Crippen LogP contribution in [0.4, 0.5) is 0 Å². The van der Waals surface area contributed by atoms with E-state index in [4.69, 9.17) is 0 Å². The van der Waals surface area contributed by atoms with Gasteiger partial charge in [0.25, 0.3) is 0 Å². The number of hydrogen-bond donors (Lipinski definition) is 2. The molecule has 0 aliphatic carbocycles. The molecule has 0 amide bonds. The van der Waals surface area contributed by atoms with Crippen LogP contribution in [0.5, 0.6) is 0 Å². The van der Waals surface area contributed by atoms with Gasteiger partial charge < -0.3 is 15.1 Å². The van der Waals surface area contributed by atoms with Gasteiger partial charge in [0.05, 0.1) is 19.4 Å². The Labute approximate surface area is 103 Å². The molecule has 0 saturated carbocycles. The molecule has 1 aromatic heterocycles. The number of aromatic nitrogens is 2. The topological polar surface area (TPSA) is 61.5 Å². The second kappa shape index (κ2) is 6.14. The van der Waals surface area contributed by atoms with Gasteiger partial charge in [-0.25, -0.2) is 0 Å². The van der Waals surface area contributed by atoms with Crippen LogP contribution in [0, 0.1) is 5.41 Å². The maximum atomic E-state index is 9.24. The van der Waals surface area contributed by atoms with Gasteiger partial charge in [0.1, 0.15) is 0 Å². The number of aliphatic hydroxyl groups excluding tert-OH is 2. The molecule has 0 fully saturated rings. The predicted octanol–water partition coefficient (Wildman–Crippen LogP) is 0.326. The van der Waals surface area contributed by atoms with E-state index in [1.54, 1.807) is 0 Å². The normalized spacial score (nSPS) is 12.4. The van der Waals surface area contributed by atoms with Crippen molar-refractivity contribution in [3.8, 4) is 0 Å². The minimum absolute atomic E-state index is 0.0118. The highest BCUT2D eigenvalue weighted by Gasteiger charge is 2.24. The first kappa shape index (κ1) is 14.2. The first-order chi connectivity index (χ1) is 8.03. The summed E-state index contributed by atoms with van der Waals surface area (Å²) >= 11 is 0. The van der Waals surface area contributed by atoms with E-state index in [2.05, 4.69) is 16.9 Å². The van der Waals surface area contributed by atoms with Crippen LogP contribution in [0.2, 0.25) is 0 Å². The van der Waals surface area contributed by atoms with Gasteiger partial charge in [0.15, 0.2) is 0 Å². The summed E-state index contributed by atoms with van der Waals surface area (Å²) in [6.45, 7) is 6.19. The number of hydrogen-bond acceptors (Lipinski definition) is 4. The first-order valence-corrected chi connectivity index (χ1v) is 5.94. The standard InChI is InChI=1S/C12H23N3O2/c1-4-15-7-11(5-13-15)6-14(3)8-12(2,9-16)10-17/h5,7,16-17H,4,6,8-10H2,1-3H3. The molecule has 0 aliphatic rings. The smallest absolute Gasteiger partial charge is 0.0534 e. The molecule has 17 heavy (non-hydrogen) atoms. The SMILES string of the molecule is CCn1cc(CN(C)CC(C)(CO)CO)cn1. The fraction of sp³-hybridized carbons (Fsp3) is 0.750. The summed E-state index contributed by atoms with van der Waals surface area (Å²) in [6, 6.07) is 0. The van der Waals surface area contributed by atoms with E-state index in [0.29, 0.717) is 6.54 Å². The summed E-state index contributed by atoms with van der Waals surface area (Å²) in [7, 11) is 1.98. The van der Waals surface area contributed by atoms with Gasteiger partial charge in [0, 0.05) is 36.8 Å². The monoisotopic (exact) mass is 241 g/mol. The number of nitrogens with zero attached hydrogens (tertiary/aromatic N) is 3. The zero-order valence-electron chi connectivity index (χ0n) is 10.9. The molecule has 2 N–H and O–H groups in total. The van der Waals surface area contributed by atoms with Crippen molar-refractivity contribution in [2.75, 3.05) is 26.8 Å². The van der Waals surface area contributed by atoms with E-state index in [-0.39, 0.29) is 13.2 Å². The van der Waals surface area contributed by atoms with Crippen molar-refractivity contribution in [1.29, 1.82) is 0 Å². The van der Waals surface area contributed by atoms with E-state index in [1.807, 2.05) is 31.0 Å². The third-order valence-electron chi connectivity index (χ3n) is 2.88. The molecule has 0 atom stereocenters. The van der Waals surface area contributed by atoms with Crippen molar-refractivity contribution in [3.63, 3.8) is 0 Å². The molecule has 1 aromatic rings. The van der Waals surface area contributed by atoms with Crippen LogP contribution in [0.25, 0.3) is 0 Å². The van der Waals surface area contributed by atoms with Gasteiger partial charge in [-0.2, -0.15) is 5.10 Å². The lowest BCUT2D eigenvalue weighted by Gasteiger charge is -2.30. The van der Waals surface area contributed by atoms with Crippen LogP contribution < -0.4 is 0 Å². The molecular weight excluding hydrogens is 218 g/mol. The zero-order valence-corrected chi connectivity index (χ0v) is 10.9. The lowest BCUT2D eigenvalue weighted by atomic mass is 9.92. The molecule has 0 saturated heterocycles. The first-order valence-electron chi connectivity index (χ1n) is 5.94. The summed E-state index contributed by atoms with van der Waals surface area (Å²) in [5, 5.41) is 22.7. The van der Waals surface area contributed by atoms with Crippen molar-refractivity contribution >= 4 is 0 Å². The lowest BCUT2D eigenvalue weighted by Crippen LogP contribution is -2.38. The molecule has 0 bridgehead atoms. The van der Waals surface area contributed by atoms with Gasteiger partial charge >= 0.3 is 0 Å². The van der Waals surface area contributed by atoms with Crippen LogP contribution in [-0.4, -0.2) is 51.7 Å². The Morgan fingerprint density at radius 2 is 2.06 bits per heavy atom. The molecular formula is C12H23N3O2. The molecule has 5 nitrogen and oxygen atoms in total. The van der Waals surface area contributed by atoms with Crippen LogP contribution in [-0.2, 0) is 13.1 Å². The van der Waals surface area contributed by atoms with Gasteiger partial charge in [-0.3, -0.25) is 4.68 Å². The second-order valence-electron chi connectivity index (χ2n) is 5.00. The molecule has 0 unspecified atom stereocenters. The van der Waals surface area contributed by atoms with Crippen LogP contribution in [0.1, 0.15) is 19.4 Å². The Hall–Kier alpha value is -0.910. The molecule has 5 heteroatoms. The molecule has 0 radical (unpaired) electrons. The zero-order chi connectivity index (χ0) is 12.9. The number of rotatable bonds is 7. The highest BCUT2D eigenvalue weighted by atomic mass is 16.3. The third-order valence-corrected chi connectivity index (χ3v) is 2.88. The average molecular weight is 241 g/mol. The van der Waals surface area contributed by atoms with Gasteiger partial charge in [-0.05, 0) is 14.0 Å². The van der Waals surface area contributed by atoms with Crippen LogP contribution in [0.3, 0.4) is 0 Å². The summed E-state index contributed by atoms with van der Waals surface area (Å²) in [6.07, 6.45) is 3.88. The van der Waals surface area contributed by atoms with Crippen molar-refractivity contribution in [2.45, 2.75) is 26.9 Å². The number of aryl methyl sites for hydroxylation is 1. The summed E-state index contributed by atoms with van der Waals surface area (Å²) < 4.78 is 1.89. The molecule has 0 aliphatic heterocycles. The van der Waals surface area contributed by atoms with E-state index < -0.39 is 5.41 Å². The van der Waals surface area contributed by atoms with Gasteiger partial charge in [-0.1, -0.05) is 6.92 Å². The highest BCUT2D eigenvalue weighted by Crippen LogP contribution is 2.16. The Kier molecular flexibility index (Phi) is 5.11. The third kappa shape index (κ3) is 4.11. The van der Waals surface area contributed by atoms with Crippen LogP contribution >= 0.6 is 0 Å². The average Bonchev–Trinajstić information content (AvgIpc) is 2.76. The number of aliphatic hydroxyl groups is 2. The minimum atomic E-state index is -0.449. The maximum Gasteiger partial charge on any atom is 0.0534 e. The fourth-order valence-electron chi connectivity index (χ4n) is 1.83. The predicted molar refractivity (Wildman–Crippen MR) is 66.5 cm³/mol. The van der Waals surface area contributed by atoms with Gasteiger partial charge in [0.2, 0.25) is 0 Å². The van der Waals surface area contributed by atoms with Crippen LogP contribution in [0.15, 0.2) is 12.4 Å². The molecule has 1 rings (SSSR count). The highest BCUT2D eigenvalue weighted by molar-refractivity contribution is 5.03. The largest absolute Gasteiger partial charge is 0.396 e. The second-order valence-corrected chi connectivity index (χ2v) is 5.00. The van der Waals surface area contributed by atoms with Crippen molar-refractivity contribution < 1.29 is 10.2 Å². The van der Waals surface area contributed by atoms with E-state index in [9.17, 15) is 10.2 Å². The molecule has 0 spiro atoms. The fourth-order valence-corrected chi connectivity index (χ4v) is 1.83.